The number of nitrogens with zero attached hydrogens (tertiary/aromatic N) is 1. The lowest BCUT2D eigenvalue weighted by Crippen LogP contribution is -2.34. The van der Waals surface area contributed by atoms with Gasteiger partial charge in [0.15, 0.2) is 5.76 Å². The van der Waals surface area contributed by atoms with E-state index in [0.29, 0.717) is 29.8 Å². The predicted octanol–water partition coefficient (Wildman–Crippen LogP) is 3.99. The zero-order valence-corrected chi connectivity index (χ0v) is 14.2. The van der Waals surface area contributed by atoms with Gasteiger partial charge in [-0.1, -0.05) is 6.07 Å². The molecule has 3 heterocycles. The Morgan fingerprint density at radius 3 is 3.00 bits per heavy atom. The Bertz CT molecular complexity index is 865. The van der Waals surface area contributed by atoms with Crippen LogP contribution in [0.15, 0.2) is 29.3 Å². The number of benzene rings is 1. The number of rotatable bonds is 2. The van der Waals surface area contributed by atoms with Crippen LogP contribution < -0.4 is 9.47 Å². The summed E-state index contributed by atoms with van der Waals surface area (Å²) in [5, 5.41) is 1.99. The van der Waals surface area contributed by atoms with Crippen molar-refractivity contribution in [1.82, 2.24) is 4.90 Å². The van der Waals surface area contributed by atoms with Gasteiger partial charge in [0.25, 0.3) is 0 Å². The minimum absolute atomic E-state index is 0.0257. The summed E-state index contributed by atoms with van der Waals surface area (Å²) in [6.07, 6.45) is 4.30. The minimum atomic E-state index is -0.0257. The molecule has 0 saturated heterocycles. The van der Waals surface area contributed by atoms with Crippen molar-refractivity contribution in [3.05, 3.63) is 50.9 Å². The summed E-state index contributed by atoms with van der Waals surface area (Å²) in [5.41, 5.74) is 2.62. The Morgan fingerprint density at radius 1 is 1.38 bits per heavy atom. The number of hydrogen-bond acceptors (Lipinski definition) is 5. The van der Waals surface area contributed by atoms with E-state index in [9.17, 15) is 4.79 Å². The normalized spacial score (nSPS) is 21.4. The molecule has 0 N–H and O–H groups in total. The van der Waals surface area contributed by atoms with E-state index < -0.39 is 0 Å². The maximum Gasteiger partial charge on any atom is 0.232 e. The first-order valence-corrected chi connectivity index (χ1v) is 9.10. The number of hydrogen-bond donors (Lipinski definition) is 0. The standard InChI is InChI=1S/C19H17NO3S/c1-11-7-15-14(9-20(10-22-15)12-4-5-12)19-17(11)18(21)16(23-19)8-13-3-2-6-24-13/h2-3,6-8,12H,4-5,9-10H2,1H3/b16-8-. The zero-order valence-electron chi connectivity index (χ0n) is 13.4. The number of fused-ring (bicyclic) bond motifs is 3. The molecule has 2 aliphatic heterocycles. The highest BCUT2D eigenvalue weighted by molar-refractivity contribution is 7.10. The summed E-state index contributed by atoms with van der Waals surface area (Å²) in [6.45, 7) is 3.37. The Labute approximate surface area is 144 Å². The summed E-state index contributed by atoms with van der Waals surface area (Å²) in [6, 6.07) is 6.55. The van der Waals surface area contributed by atoms with Crippen molar-refractivity contribution in [3.8, 4) is 11.5 Å². The number of ether oxygens (including phenoxy) is 2. The van der Waals surface area contributed by atoms with Crippen molar-refractivity contribution < 1.29 is 14.3 Å². The van der Waals surface area contributed by atoms with Crippen LogP contribution >= 0.6 is 11.3 Å². The van der Waals surface area contributed by atoms with E-state index in [2.05, 4.69) is 4.90 Å². The van der Waals surface area contributed by atoms with E-state index in [4.69, 9.17) is 9.47 Å². The number of Topliss-reactive ketones (excluding diaryl/α,β-unsaturated/α-hetero) is 1. The largest absolute Gasteiger partial charge is 0.478 e. The molecule has 3 aliphatic rings. The number of allylic oxidation sites excluding steroid dienone is 1. The topological polar surface area (TPSA) is 38.8 Å². The van der Waals surface area contributed by atoms with Gasteiger partial charge in [-0.3, -0.25) is 9.69 Å². The fourth-order valence-corrected chi connectivity index (χ4v) is 4.07. The highest BCUT2D eigenvalue weighted by Gasteiger charge is 2.38. The fourth-order valence-electron chi connectivity index (χ4n) is 3.42. The van der Waals surface area contributed by atoms with Crippen LogP contribution in [0, 0.1) is 6.92 Å². The van der Waals surface area contributed by atoms with Gasteiger partial charge in [0, 0.05) is 23.5 Å². The lowest BCUT2D eigenvalue weighted by molar-refractivity contribution is 0.0867. The van der Waals surface area contributed by atoms with E-state index in [1.165, 1.54) is 12.8 Å². The van der Waals surface area contributed by atoms with Crippen molar-refractivity contribution in [3.63, 3.8) is 0 Å². The summed E-state index contributed by atoms with van der Waals surface area (Å²) in [5.74, 6) is 1.94. The molecule has 0 bridgehead atoms. The third kappa shape index (κ3) is 2.19. The SMILES string of the molecule is Cc1cc2c(c3c1C(=O)/C(=C/c1cccs1)O3)CN(C1CC1)CO2. The van der Waals surface area contributed by atoms with Gasteiger partial charge in [-0.05, 0) is 42.8 Å². The van der Waals surface area contributed by atoms with E-state index in [0.717, 1.165) is 28.3 Å². The van der Waals surface area contributed by atoms with Crippen LogP contribution in [0.1, 0.15) is 39.2 Å². The van der Waals surface area contributed by atoms with Gasteiger partial charge in [0.1, 0.15) is 18.2 Å². The first kappa shape index (κ1) is 14.3. The molecule has 0 radical (unpaired) electrons. The average Bonchev–Trinajstić information content (AvgIpc) is 3.20. The van der Waals surface area contributed by atoms with E-state index in [1.54, 1.807) is 11.3 Å². The van der Waals surface area contributed by atoms with Crippen molar-refractivity contribution in [2.75, 3.05) is 6.73 Å². The number of carbonyl (C=O) groups excluding carboxylic acids is 1. The van der Waals surface area contributed by atoms with Crippen molar-refractivity contribution >= 4 is 23.2 Å². The Morgan fingerprint density at radius 2 is 2.25 bits per heavy atom. The number of ketones is 1. The second kappa shape index (κ2) is 5.19. The summed E-state index contributed by atoms with van der Waals surface area (Å²) in [7, 11) is 0. The van der Waals surface area contributed by atoms with Crippen LogP contribution in [0.5, 0.6) is 11.5 Å². The molecular weight excluding hydrogens is 322 g/mol. The molecule has 0 unspecified atom stereocenters. The molecule has 5 rings (SSSR count). The molecular formula is C19H17NO3S. The van der Waals surface area contributed by atoms with Gasteiger partial charge in [0.05, 0.1) is 11.1 Å². The van der Waals surface area contributed by atoms with Gasteiger partial charge in [-0.25, -0.2) is 0 Å². The summed E-state index contributed by atoms with van der Waals surface area (Å²) >= 11 is 1.59. The first-order valence-electron chi connectivity index (χ1n) is 8.22. The van der Waals surface area contributed by atoms with Crippen LogP contribution in [0.4, 0.5) is 0 Å². The number of aryl methyl sites for hydroxylation is 1. The van der Waals surface area contributed by atoms with Crippen LogP contribution in [-0.4, -0.2) is 23.5 Å². The molecule has 1 fully saturated rings. The number of carbonyl (C=O) groups is 1. The van der Waals surface area contributed by atoms with Gasteiger partial charge in [-0.15, -0.1) is 11.3 Å². The van der Waals surface area contributed by atoms with Crippen LogP contribution in [0.2, 0.25) is 0 Å². The molecule has 122 valence electrons. The van der Waals surface area contributed by atoms with Crippen LogP contribution in [0.3, 0.4) is 0 Å². The van der Waals surface area contributed by atoms with E-state index in [-0.39, 0.29) is 5.78 Å². The monoisotopic (exact) mass is 339 g/mol. The second-order valence-corrected chi connectivity index (χ2v) is 7.56. The Balaban J connectivity index is 1.58. The van der Waals surface area contributed by atoms with E-state index in [1.807, 2.05) is 36.6 Å². The maximum atomic E-state index is 12.8. The highest BCUT2D eigenvalue weighted by Crippen LogP contribution is 2.45. The second-order valence-electron chi connectivity index (χ2n) is 6.58. The lowest BCUT2D eigenvalue weighted by atomic mass is 9.99. The molecule has 1 aromatic carbocycles. The lowest BCUT2D eigenvalue weighted by Gasteiger charge is -2.30. The third-order valence-corrected chi connectivity index (χ3v) is 5.65. The van der Waals surface area contributed by atoms with Gasteiger partial charge in [0.2, 0.25) is 5.78 Å². The predicted molar refractivity (Wildman–Crippen MR) is 92.5 cm³/mol. The molecule has 4 nitrogen and oxygen atoms in total. The Kier molecular flexibility index (Phi) is 3.08. The average molecular weight is 339 g/mol. The minimum Gasteiger partial charge on any atom is -0.478 e. The Hall–Kier alpha value is -2.11. The highest BCUT2D eigenvalue weighted by atomic mass is 32.1. The first-order chi connectivity index (χ1) is 11.7. The van der Waals surface area contributed by atoms with Gasteiger partial charge >= 0.3 is 0 Å². The molecule has 24 heavy (non-hydrogen) atoms. The maximum absolute atomic E-state index is 12.8. The van der Waals surface area contributed by atoms with Crippen LogP contribution in [0.25, 0.3) is 6.08 Å². The molecule has 0 amide bonds. The molecule has 1 aromatic heterocycles. The summed E-state index contributed by atoms with van der Waals surface area (Å²) in [4.78, 5) is 16.2. The van der Waals surface area contributed by atoms with Crippen molar-refractivity contribution in [1.29, 1.82) is 0 Å². The molecule has 0 spiro atoms. The molecule has 1 saturated carbocycles. The smallest absolute Gasteiger partial charge is 0.232 e. The fraction of sp³-hybridized carbons (Fsp3) is 0.316. The molecule has 5 heteroatoms. The molecule has 2 aromatic rings. The van der Waals surface area contributed by atoms with Crippen molar-refractivity contribution in [2.24, 2.45) is 0 Å². The quantitative estimate of drug-likeness (QED) is 0.776. The van der Waals surface area contributed by atoms with E-state index >= 15 is 0 Å². The third-order valence-electron chi connectivity index (χ3n) is 4.83. The molecule has 0 atom stereocenters. The van der Waals surface area contributed by atoms with Gasteiger partial charge < -0.3 is 9.47 Å². The van der Waals surface area contributed by atoms with Crippen molar-refractivity contribution in [2.45, 2.75) is 32.4 Å². The van der Waals surface area contributed by atoms with Crippen LogP contribution in [-0.2, 0) is 6.54 Å². The van der Waals surface area contributed by atoms with Gasteiger partial charge in [-0.2, -0.15) is 0 Å². The number of thiophene rings is 1. The molecule has 1 aliphatic carbocycles. The zero-order chi connectivity index (χ0) is 16.3. The summed E-state index contributed by atoms with van der Waals surface area (Å²) < 4.78 is 12.0.